The number of imide groups is 1. The van der Waals surface area contributed by atoms with Crippen molar-refractivity contribution in [3.05, 3.63) is 35.9 Å². The van der Waals surface area contributed by atoms with Crippen LogP contribution >= 0.6 is 0 Å². The van der Waals surface area contributed by atoms with Crippen LogP contribution < -0.4 is 5.32 Å². The van der Waals surface area contributed by atoms with Gasteiger partial charge in [0.2, 0.25) is 11.8 Å². The molecule has 2 rings (SSSR count). The zero-order valence-electron chi connectivity index (χ0n) is 10.8. The molecule has 19 heavy (non-hydrogen) atoms. The van der Waals surface area contributed by atoms with E-state index in [0.29, 0.717) is 5.56 Å². The van der Waals surface area contributed by atoms with Gasteiger partial charge >= 0.3 is 5.97 Å². The van der Waals surface area contributed by atoms with Crippen molar-refractivity contribution >= 4 is 17.8 Å². The standard InChI is InChI=1S/C14H15NO4/c1-3-19-12(17)10-11(16)15-13(18)14(10,2)9-7-5-4-6-8-9/h4-8,10H,3H2,1-2H3,(H,15,16,18). The minimum absolute atomic E-state index is 0.168. The third-order valence-corrected chi connectivity index (χ3v) is 3.44. The smallest absolute Gasteiger partial charge is 0.319 e. The predicted octanol–water partition coefficient (Wildman–Crippen LogP) is 0.780. The average Bonchev–Trinajstić information content (AvgIpc) is 2.62. The molecule has 5 nitrogen and oxygen atoms in total. The van der Waals surface area contributed by atoms with Crippen LogP contribution in [-0.4, -0.2) is 24.4 Å². The van der Waals surface area contributed by atoms with Crippen LogP contribution in [0.5, 0.6) is 0 Å². The summed E-state index contributed by atoms with van der Waals surface area (Å²) >= 11 is 0. The Bertz CT molecular complexity index is 526. The number of carbonyl (C=O) groups excluding carboxylic acids is 3. The number of rotatable bonds is 3. The number of carbonyl (C=O) groups is 3. The molecule has 0 aliphatic carbocycles. The van der Waals surface area contributed by atoms with Gasteiger partial charge in [-0.3, -0.25) is 19.7 Å². The second-order valence-electron chi connectivity index (χ2n) is 4.57. The van der Waals surface area contributed by atoms with Crippen molar-refractivity contribution in [1.29, 1.82) is 0 Å². The normalized spacial score (nSPS) is 26.1. The first-order valence-corrected chi connectivity index (χ1v) is 6.09. The summed E-state index contributed by atoms with van der Waals surface area (Å²) in [5.74, 6) is -2.88. The average molecular weight is 261 g/mol. The van der Waals surface area contributed by atoms with Crippen LogP contribution in [0.3, 0.4) is 0 Å². The van der Waals surface area contributed by atoms with Crippen molar-refractivity contribution in [3.8, 4) is 0 Å². The maximum atomic E-state index is 12.1. The SMILES string of the molecule is CCOC(=O)C1C(=O)NC(=O)C1(C)c1ccccc1. The van der Waals surface area contributed by atoms with Crippen LogP contribution in [0.4, 0.5) is 0 Å². The maximum absolute atomic E-state index is 12.1. The third kappa shape index (κ3) is 2.01. The number of nitrogens with one attached hydrogen (secondary N) is 1. The van der Waals surface area contributed by atoms with E-state index in [1.54, 1.807) is 44.2 Å². The molecule has 0 radical (unpaired) electrons. The zero-order valence-corrected chi connectivity index (χ0v) is 10.8. The number of hydrogen-bond donors (Lipinski definition) is 1. The van der Waals surface area contributed by atoms with Crippen molar-refractivity contribution in [2.75, 3.05) is 6.61 Å². The Hall–Kier alpha value is -2.17. The highest BCUT2D eigenvalue weighted by molar-refractivity contribution is 6.18. The summed E-state index contributed by atoms with van der Waals surface area (Å²) in [6, 6.07) is 8.79. The highest BCUT2D eigenvalue weighted by atomic mass is 16.5. The van der Waals surface area contributed by atoms with Crippen molar-refractivity contribution < 1.29 is 19.1 Å². The summed E-state index contributed by atoms with van der Waals surface area (Å²) in [4.78, 5) is 35.9. The second kappa shape index (κ2) is 4.84. The fourth-order valence-electron chi connectivity index (χ4n) is 2.36. The summed E-state index contributed by atoms with van der Waals surface area (Å²) in [5, 5.41) is 2.22. The Morgan fingerprint density at radius 3 is 2.53 bits per heavy atom. The molecular formula is C14H15NO4. The Balaban J connectivity index is 2.48. The van der Waals surface area contributed by atoms with Crippen molar-refractivity contribution in [3.63, 3.8) is 0 Å². The van der Waals surface area contributed by atoms with Crippen molar-refractivity contribution in [1.82, 2.24) is 5.32 Å². The van der Waals surface area contributed by atoms with Crippen LogP contribution in [0.15, 0.2) is 30.3 Å². The Morgan fingerprint density at radius 2 is 1.95 bits per heavy atom. The molecule has 2 amide bonds. The first-order valence-electron chi connectivity index (χ1n) is 6.09. The summed E-state index contributed by atoms with van der Waals surface area (Å²) < 4.78 is 4.91. The fraction of sp³-hybridized carbons (Fsp3) is 0.357. The topological polar surface area (TPSA) is 72.5 Å². The molecule has 2 atom stereocenters. The summed E-state index contributed by atoms with van der Waals surface area (Å²) in [6.45, 7) is 3.41. The van der Waals surface area contributed by atoms with E-state index in [0.717, 1.165) is 0 Å². The molecule has 0 aromatic heterocycles. The monoisotopic (exact) mass is 261 g/mol. The van der Waals surface area contributed by atoms with Gasteiger partial charge in [0.1, 0.15) is 0 Å². The highest BCUT2D eigenvalue weighted by Crippen LogP contribution is 2.37. The van der Waals surface area contributed by atoms with Gasteiger partial charge in [-0.15, -0.1) is 0 Å². The number of amides is 2. The third-order valence-electron chi connectivity index (χ3n) is 3.44. The molecule has 1 aromatic carbocycles. The lowest BCUT2D eigenvalue weighted by Crippen LogP contribution is -2.41. The van der Waals surface area contributed by atoms with Gasteiger partial charge in [0.15, 0.2) is 5.92 Å². The summed E-state index contributed by atoms with van der Waals surface area (Å²) in [7, 11) is 0. The van der Waals surface area contributed by atoms with Gasteiger partial charge in [-0.2, -0.15) is 0 Å². The molecule has 1 aliphatic rings. The maximum Gasteiger partial charge on any atom is 0.319 e. The van der Waals surface area contributed by atoms with E-state index in [2.05, 4.69) is 5.32 Å². The van der Waals surface area contributed by atoms with E-state index in [9.17, 15) is 14.4 Å². The minimum atomic E-state index is -1.22. The highest BCUT2D eigenvalue weighted by Gasteiger charge is 2.57. The summed E-state index contributed by atoms with van der Waals surface area (Å²) in [6.07, 6.45) is 0. The van der Waals surface area contributed by atoms with Crippen molar-refractivity contribution in [2.45, 2.75) is 19.3 Å². The fourth-order valence-corrected chi connectivity index (χ4v) is 2.36. The van der Waals surface area contributed by atoms with E-state index in [4.69, 9.17) is 4.74 Å². The minimum Gasteiger partial charge on any atom is -0.465 e. The van der Waals surface area contributed by atoms with Crippen LogP contribution in [-0.2, 0) is 24.5 Å². The molecule has 1 aromatic rings. The van der Waals surface area contributed by atoms with Crippen LogP contribution in [0.2, 0.25) is 0 Å². The lowest BCUT2D eigenvalue weighted by molar-refractivity contribution is -0.153. The molecule has 5 heteroatoms. The molecule has 0 bridgehead atoms. The van der Waals surface area contributed by atoms with Crippen LogP contribution in [0, 0.1) is 5.92 Å². The molecular weight excluding hydrogens is 246 g/mol. The van der Waals surface area contributed by atoms with Gasteiger partial charge in [0.25, 0.3) is 0 Å². The molecule has 100 valence electrons. The molecule has 0 saturated carbocycles. The lowest BCUT2D eigenvalue weighted by atomic mass is 9.73. The van der Waals surface area contributed by atoms with Gasteiger partial charge in [0.05, 0.1) is 12.0 Å². The molecule has 1 fully saturated rings. The number of ether oxygens (including phenoxy) is 1. The Morgan fingerprint density at radius 1 is 1.32 bits per heavy atom. The van der Waals surface area contributed by atoms with Gasteiger partial charge in [0, 0.05) is 0 Å². The van der Waals surface area contributed by atoms with E-state index in [1.807, 2.05) is 0 Å². The first kappa shape index (κ1) is 13.3. The van der Waals surface area contributed by atoms with Crippen LogP contribution in [0.25, 0.3) is 0 Å². The van der Waals surface area contributed by atoms with Crippen molar-refractivity contribution in [2.24, 2.45) is 5.92 Å². The zero-order chi connectivity index (χ0) is 14.0. The lowest BCUT2D eigenvalue weighted by Gasteiger charge is -2.25. The van der Waals surface area contributed by atoms with Gasteiger partial charge < -0.3 is 4.74 Å². The largest absolute Gasteiger partial charge is 0.465 e. The number of benzene rings is 1. The number of hydrogen-bond acceptors (Lipinski definition) is 4. The van der Waals surface area contributed by atoms with Gasteiger partial charge in [-0.1, -0.05) is 30.3 Å². The predicted molar refractivity (Wildman–Crippen MR) is 67.1 cm³/mol. The molecule has 1 N–H and O–H groups in total. The first-order chi connectivity index (χ1) is 9.01. The van der Waals surface area contributed by atoms with E-state index in [-0.39, 0.29) is 6.61 Å². The van der Waals surface area contributed by atoms with Crippen LogP contribution in [0.1, 0.15) is 19.4 Å². The van der Waals surface area contributed by atoms with E-state index >= 15 is 0 Å². The Kier molecular flexibility index (Phi) is 3.38. The van der Waals surface area contributed by atoms with Gasteiger partial charge in [-0.05, 0) is 19.4 Å². The molecule has 1 heterocycles. The molecule has 1 aliphatic heterocycles. The summed E-state index contributed by atoms with van der Waals surface area (Å²) in [5.41, 5.74) is -0.596. The van der Waals surface area contributed by atoms with E-state index in [1.165, 1.54) is 0 Å². The second-order valence-corrected chi connectivity index (χ2v) is 4.57. The number of esters is 1. The molecule has 2 unspecified atom stereocenters. The molecule has 0 spiro atoms. The quantitative estimate of drug-likeness (QED) is 0.496. The Labute approximate surface area is 110 Å². The molecule has 1 saturated heterocycles. The van der Waals surface area contributed by atoms with Gasteiger partial charge in [-0.25, -0.2) is 0 Å². The van der Waals surface area contributed by atoms with E-state index < -0.39 is 29.1 Å².